The van der Waals surface area contributed by atoms with E-state index < -0.39 is 0 Å². The van der Waals surface area contributed by atoms with Crippen LogP contribution in [0.3, 0.4) is 0 Å². The third-order valence-electron chi connectivity index (χ3n) is 2.60. The van der Waals surface area contributed by atoms with E-state index in [9.17, 15) is 0 Å². The number of alkyl halides is 1. The van der Waals surface area contributed by atoms with Crippen LogP contribution in [-0.2, 0) is 0 Å². The average molecular weight is 175 g/mol. The lowest BCUT2D eigenvalue weighted by molar-refractivity contribution is 0.537. The fourth-order valence-electron chi connectivity index (χ4n) is 1.77. The smallest absolute Gasteiger partial charge is 0.0151 e. The van der Waals surface area contributed by atoms with Crippen LogP contribution in [0, 0.1) is 5.41 Å². The van der Waals surface area contributed by atoms with Crippen molar-refractivity contribution in [1.29, 1.82) is 0 Å². The highest BCUT2D eigenvalue weighted by Crippen LogP contribution is 2.59. The molecule has 2 rings (SSSR count). The number of rotatable bonds is 0. The summed E-state index contributed by atoms with van der Waals surface area (Å²) >= 11 is 3.65. The van der Waals surface area contributed by atoms with Crippen molar-refractivity contribution in [2.75, 3.05) is 0 Å². The molecule has 8 heavy (non-hydrogen) atoms. The van der Waals surface area contributed by atoms with Gasteiger partial charge in [-0.3, -0.25) is 0 Å². The zero-order valence-corrected chi connectivity index (χ0v) is 6.58. The first-order valence-corrected chi connectivity index (χ1v) is 4.36. The molecule has 0 N–H and O–H groups in total. The van der Waals surface area contributed by atoms with Crippen LogP contribution in [-0.4, -0.2) is 4.83 Å². The summed E-state index contributed by atoms with van der Waals surface area (Å²) < 4.78 is 0. The van der Waals surface area contributed by atoms with Crippen LogP contribution in [0.15, 0.2) is 0 Å². The largest absolute Gasteiger partial charge is 0.0890 e. The van der Waals surface area contributed by atoms with Gasteiger partial charge in [0.15, 0.2) is 0 Å². The fraction of sp³-hybridized carbons (Fsp3) is 1.00. The Labute approximate surface area is 58.8 Å². The molecule has 2 aliphatic rings. The molecule has 0 heterocycles. The van der Waals surface area contributed by atoms with Crippen LogP contribution in [0.2, 0.25) is 0 Å². The van der Waals surface area contributed by atoms with E-state index in [1.807, 2.05) is 0 Å². The molecular formula is C7H11Br. The van der Waals surface area contributed by atoms with Crippen LogP contribution < -0.4 is 0 Å². The van der Waals surface area contributed by atoms with E-state index in [-0.39, 0.29) is 0 Å². The van der Waals surface area contributed by atoms with Crippen molar-refractivity contribution in [3.8, 4) is 0 Å². The van der Waals surface area contributed by atoms with Crippen molar-refractivity contribution in [3.05, 3.63) is 0 Å². The summed E-state index contributed by atoms with van der Waals surface area (Å²) in [4.78, 5) is 0.866. The highest BCUT2D eigenvalue weighted by molar-refractivity contribution is 9.09. The first-order chi connectivity index (χ1) is 3.81. The number of halogens is 1. The van der Waals surface area contributed by atoms with Crippen molar-refractivity contribution in [2.45, 2.75) is 36.9 Å². The van der Waals surface area contributed by atoms with Crippen LogP contribution in [0.1, 0.15) is 32.1 Å². The minimum atomic E-state index is 0.866. The third-order valence-corrected chi connectivity index (χ3v) is 3.38. The first-order valence-electron chi connectivity index (χ1n) is 3.45. The summed E-state index contributed by atoms with van der Waals surface area (Å²) in [5.41, 5.74) is 0.869. The van der Waals surface area contributed by atoms with Crippen molar-refractivity contribution in [3.63, 3.8) is 0 Å². The molecule has 0 bridgehead atoms. The predicted octanol–water partition coefficient (Wildman–Crippen LogP) is 2.71. The highest BCUT2D eigenvalue weighted by atomic mass is 79.9. The number of hydrogen-bond donors (Lipinski definition) is 0. The van der Waals surface area contributed by atoms with E-state index in [1.54, 1.807) is 0 Å². The molecule has 2 saturated carbocycles. The Bertz CT molecular complexity index is 105. The molecule has 0 aromatic heterocycles. The fourth-order valence-corrected chi connectivity index (χ4v) is 2.68. The second-order valence-electron chi connectivity index (χ2n) is 3.34. The van der Waals surface area contributed by atoms with Crippen molar-refractivity contribution < 1.29 is 0 Å². The van der Waals surface area contributed by atoms with Gasteiger partial charge in [-0.2, -0.15) is 0 Å². The van der Waals surface area contributed by atoms with Gasteiger partial charge in [0, 0.05) is 4.83 Å². The van der Waals surface area contributed by atoms with Crippen molar-refractivity contribution in [1.82, 2.24) is 0 Å². The van der Waals surface area contributed by atoms with Gasteiger partial charge in [0.25, 0.3) is 0 Å². The zero-order chi connectivity index (χ0) is 5.61. The Morgan fingerprint density at radius 1 is 1.25 bits per heavy atom. The molecule has 0 amide bonds. The summed E-state index contributed by atoms with van der Waals surface area (Å²) in [6.07, 6.45) is 7.44. The lowest BCUT2D eigenvalue weighted by Gasteiger charge is -1.99. The third kappa shape index (κ3) is 0.717. The van der Waals surface area contributed by atoms with Gasteiger partial charge in [-0.25, -0.2) is 0 Å². The summed E-state index contributed by atoms with van der Waals surface area (Å²) in [6.45, 7) is 0. The molecule has 0 aromatic rings. The molecule has 1 unspecified atom stereocenters. The molecule has 46 valence electrons. The van der Waals surface area contributed by atoms with Gasteiger partial charge in [-0.1, -0.05) is 15.9 Å². The molecule has 1 atom stereocenters. The van der Waals surface area contributed by atoms with E-state index in [2.05, 4.69) is 15.9 Å². The molecule has 1 heteroatoms. The van der Waals surface area contributed by atoms with Gasteiger partial charge >= 0.3 is 0 Å². The van der Waals surface area contributed by atoms with Gasteiger partial charge in [0.2, 0.25) is 0 Å². The monoisotopic (exact) mass is 174 g/mol. The minimum absolute atomic E-state index is 0.866. The van der Waals surface area contributed by atoms with E-state index in [0.29, 0.717) is 0 Å². The van der Waals surface area contributed by atoms with Gasteiger partial charge < -0.3 is 0 Å². The van der Waals surface area contributed by atoms with E-state index in [1.165, 1.54) is 32.1 Å². The second-order valence-corrected chi connectivity index (χ2v) is 4.64. The van der Waals surface area contributed by atoms with Crippen LogP contribution >= 0.6 is 15.9 Å². The van der Waals surface area contributed by atoms with Gasteiger partial charge in [-0.15, -0.1) is 0 Å². The Kier molecular flexibility index (Phi) is 0.989. The van der Waals surface area contributed by atoms with Crippen LogP contribution in [0.5, 0.6) is 0 Å². The molecule has 1 spiro atoms. The minimum Gasteiger partial charge on any atom is -0.0890 e. The maximum atomic E-state index is 3.65. The number of hydrogen-bond acceptors (Lipinski definition) is 0. The molecule has 0 aliphatic heterocycles. The Morgan fingerprint density at radius 2 is 2.00 bits per heavy atom. The van der Waals surface area contributed by atoms with Gasteiger partial charge in [0.1, 0.15) is 0 Å². The van der Waals surface area contributed by atoms with Crippen molar-refractivity contribution in [2.24, 2.45) is 5.41 Å². The normalized spacial score (nSPS) is 40.9. The Morgan fingerprint density at radius 3 is 2.25 bits per heavy atom. The zero-order valence-electron chi connectivity index (χ0n) is 4.99. The molecule has 0 saturated heterocycles. The summed E-state index contributed by atoms with van der Waals surface area (Å²) in [6, 6.07) is 0. The maximum absolute atomic E-state index is 3.65. The molecule has 0 nitrogen and oxygen atoms in total. The Hall–Kier alpha value is 0.480. The summed E-state index contributed by atoms with van der Waals surface area (Å²) in [5, 5.41) is 0. The standard InChI is InChI=1S/C7H11Br/c8-6-1-2-7(5-6)3-4-7/h6H,1-5H2. The van der Waals surface area contributed by atoms with Crippen molar-refractivity contribution >= 4 is 15.9 Å². The molecular weight excluding hydrogens is 164 g/mol. The van der Waals surface area contributed by atoms with E-state index >= 15 is 0 Å². The van der Waals surface area contributed by atoms with Gasteiger partial charge in [0.05, 0.1) is 0 Å². The average Bonchev–Trinajstić information content (AvgIpc) is 2.34. The lowest BCUT2D eigenvalue weighted by atomic mass is 10.1. The SMILES string of the molecule is BrC1CCC2(CC2)C1. The van der Waals surface area contributed by atoms with Crippen LogP contribution in [0.25, 0.3) is 0 Å². The second kappa shape index (κ2) is 1.50. The topological polar surface area (TPSA) is 0 Å². The van der Waals surface area contributed by atoms with E-state index in [4.69, 9.17) is 0 Å². The van der Waals surface area contributed by atoms with Gasteiger partial charge in [-0.05, 0) is 37.5 Å². The molecule has 0 radical (unpaired) electrons. The molecule has 0 aromatic carbocycles. The van der Waals surface area contributed by atoms with E-state index in [0.717, 1.165) is 10.2 Å². The molecule has 2 fully saturated rings. The predicted molar refractivity (Wildman–Crippen MR) is 38.2 cm³/mol. The quantitative estimate of drug-likeness (QED) is 0.496. The maximum Gasteiger partial charge on any atom is 0.0151 e. The highest BCUT2D eigenvalue weighted by Gasteiger charge is 2.47. The molecule has 2 aliphatic carbocycles. The summed E-state index contributed by atoms with van der Waals surface area (Å²) in [5.74, 6) is 0. The lowest BCUT2D eigenvalue weighted by Crippen LogP contribution is -1.91. The van der Waals surface area contributed by atoms with Crippen LogP contribution in [0.4, 0.5) is 0 Å². The first kappa shape index (κ1) is 5.28. The Balaban J connectivity index is 2.03. The summed E-state index contributed by atoms with van der Waals surface area (Å²) in [7, 11) is 0.